The number of hydrogen-bond donors (Lipinski definition) is 25. The fourth-order valence-corrected chi connectivity index (χ4v) is 15.1. The van der Waals surface area contributed by atoms with Crippen LogP contribution in [0, 0.1) is 0 Å². The number of rotatable bonds is 55. The van der Waals surface area contributed by atoms with Gasteiger partial charge in [0.2, 0.25) is 100 Å². The third-order valence-electron chi connectivity index (χ3n) is 23.4. The van der Waals surface area contributed by atoms with Crippen molar-refractivity contribution >= 4 is 111 Å². The highest BCUT2D eigenvalue weighted by Gasteiger charge is 2.42. The highest BCUT2D eigenvalue weighted by Crippen LogP contribution is 2.23. The van der Waals surface area contributed by atoms with Crippen LogP contribution in [-0.2, 0) is 101 Å². The summed E-state index contributed by atoms with van der Waals surface area (Å²) in [4.78, 5) is 244. The van der Waals surface area contributed by atoms with E-state index >= 15 is 9.59 Å². The molecular formula is C94H149N25O17. The normalized spacial score (nSPS) is 18.7. The number of fused-ring (bicyclic) bond motifs is 1. The summed E-state index contributed by atoms with van der Waals surface area (Å²) in [5, 5.41) is 43.6. The molecule has 1 aliphatic heterocycles. The topological polar surface area (TPSA) is 707 Å². The number of allylic oxidation sites excluding steroid dienone is 2. The molecule has 3 aromatic carbocycles. The van der Waals surface area contributed by atoms with Gasteiger partial charge in [-0.3, -0.25) is 81.5 Å². The molecule has 0 bridgehead atoms. The number of nitrogens with two attached hydrogens (primary N) is 8. The Hall–Kier alpha value is -12.4. The van der Waals surface area contributed by atoms with Crippen LogP contribution in [0.5, 0.6) is 0 Å². The Bertz CT molecular complexity index is 4560. The molecule has 0 unspecified atom stereocenters. The van der Waals surface area contributed by atoms with Crippen molar-refractivity contribution in [1.29, 1.82) is 0 Å². The fourth-order valence-electron chi connectivity index (χ4n) is 15.1. The van der Waals surface area contributed by atoms with Gasteiger partial charge in [0.1, 0.15) is 77.5 Å². The van der Waals surface area contributed by atoms with Gasteiger partial charge in [-0.15, -0.1) is 0 Å². The quantitative estimate of drug-likeness (QED) is 0.0157. The van der Waals surface area contributed by atoms with Crippen LogP contribution in [0.3, 0.4) is 0 Å². The minimum absolute atomic E-state index is 0.00183. The third-order valence-corrected chi connectivity index (χ3v) is 23.4. The molecule has 42 heteroatoms. The van der Waals surface area contributed by atoms with Gasteiger partial charge in [0.05, 0.1) is 25.7 Å². The van der Waals surface area contributed by atoms with Crippen molar-refractivity contribution in [3.05, 3.63) is 120 Å². The zero-order valence-corrected chi connectivity index (χ0v) is 79.3. The number of H-pyrrole nitrogens is 1. The maximum atomic E-state index is 15.1. The molecule has 33 N–H and O–H groups in total. The van der Waals surface area contributed by atoms with Crippen LogP contribution >= 0.6 is 0 Å². The van der Waals surface area contributed by atoms with Gasteiger partial charge in [-0.2, -0.15) is 0 Å². The minimum Gasteiger partial charge on any atom is -0.368 e. The van der Waals surface area contributed by atoms with Crippen molar-refractivity contribution in [3.8, 4) is 0 Å². The Morgan fingerprint density at radius 2 is 0.860 bits per heavy atom. The van der Waals surface area contributed by atoms with Gasteiger partial charge in [-0.1, -0.05) is 97.4 Å². The second kappa shape index (κ2) is 61.6. The number of benzene rings is 3. The standard InChI is InChI=1S/C94H149N25O17/c1-59(79(102)123)107-76(120)56-105-83(127)73(52-62-32-12-10-13-33-62)117-92(136)93(4)44-24-8-6-7-9-25-45-94(5,91(135)109-61(3)81(125)116-75(84(128)106-58-78(122)118-93)54-64-55-103-67-38-17-16-36-65(64)67)119-90(134)74(53-63-34-14-11-15-35-63)110-77(121)57-104-80(124)60(2)108-85(129)68(39-19-27-47-96)112-87(131)70(41-21-29-49-98)114-89(133)72(43-23-31-51-100)115-88(132)71(42-22-30-50-99)113-86(130)69(40-20-28-48-97)111-82(126)66(101)37-18-26-46-95/h6-7,10-17,32-36,38,55,59-61,66,68-75,103H,8-9,18-31,37,39-54,56-58,95-101H2,1-5H3,(H2,102,123)(H,104,124)(H,105,127)(H,106,128)(H,107,120)(H,108,129)(H,109,135)(H,110,121)(H,111,126)(H,112,131)(H,113,130)(H,114,133)(H,115,132)(H,116,125)(H,117,136)(H,118,122)(H,119,134)/b7-6-/t59-,60-,61-,66-,68-,69-,70-,71-,72-,73-,74-,75-,93-,94-/m0/s1. The molecule has 0 aliphatic carbocycles. The average Bonchev–Trinajstić information content (AvgIpc) is 1.50. The molecule has 0 fully saturated rings. The molecule has 2 heterocycles. The Morgan fingerprint density at radius 3 is 1.33 bits per heavy atom. The number of carbonyl (C=O) groups is 17. The predicted molar refractivity (Wildman–Crippen MR) is 514 cm³/mol. The van der Waals surface area contributed by atoms with Crippen molar-refractivity contribution < 1.29 is 81.5 Å². The zero-order valence-electron chi connectivity index (χ0n) is 79.3. The van der Waals surface area contributed by atoms with Crippen LogP contribution in [0.4, 0.5) is 0 Å². The van der Waals surface area contributed by atoms with Crippen molar-refractivity contribution in [2.45, 2.75) is 292 Å². The predicted octanol–water partition coefficient (Wildman–Crippen LogP) is -2.82. The summed E-state index contributed by atoms with van der Waals surface area (Å²) in [5.74, 6) is -13.5. The lowest BCUT2D eigenvalue weighted by atomic mass is 9.91. The van der Waals surface area contributed by atoms with Gasteiger partial charge >= 0.3 is 0 Å². The maximum absolute atomic E-state index is 15.1. The molecule has 17 amide bonds. The van der Waals surface area contributed by atoms with Gasteiger partial charge in [0.15, 0.2) is 0 Å². The lowest BCUT2D eigenvalue weighted by Gasteiger charge is -2.33. The average molecular weight is 1900 g/mol. The molecule has 1 aromatic heterocycles. The molecule has 42 nitrogen and oxygen atoms in total. The SMILES string of the molecule is C[C@H](NC(=O)CNC(=O)[C@H](Cc1ccccc1)NC(=O)[C@]1(C)CCC/C=C\CCC[C@](C)(NC(=O)[C@H](Cc2ccccc2)NC(=O)CNC(=O)[C@H](C)NC(=O)[C@H](CCCCN)NC(=O)[C@H](CCCCN)NC(=O)[C@H](CCCCN)NC(=O)[C@H](CCCCN)NC(=O)[C@H](CCCCN)NC(=O)[C@@H](N)CCCCN)C(=O)N[C@@H](C)C(=O)N[C@@H](Cc2c[nH]c3ccccc23)C(=O)NCC(=O)N1)C(N)=O. The summed E-state index contributed by atoms with van der Waals surface area (Å²) in [7, 11) is 0. The molecule has 0 spiro atoms. The number of aromatic nitrogens is 1. The number of nitrogens with one attached hydrogen (secondary N) is 17. The molecule has 0 radical (unpaired) electrons. The Morgan fingerprint density at radius 1 is 0.441 bits per heavy atom. The summed E-state index contributed by atoms with van der Waals surface area (Å²) in [6.45, 7) is 6.57. The van der Waals surface area contributed by atoms with Crippen molar-refractivity contribution in [2.24, 2.45) is 45.9 Å². The van der Waals surface area contributed by atoms with E-state index in [-0.39, 0.29) is 103 Å². The van der Waals surface area contributed by atoms with E-state index in [0.717, 1.165) is 0 Å². The summed E-state index contributed by atoms with van der Waals surface area (Å²) in [6.07, 6.45) is 11.9. The van der Waals surface area contributed by atoms with Crippen LogP contribution in [0.15, 0.2) is 103 Å². The summed E-state index contributed by atoms with van der Waals surface area (Å²) < 4.78 is 0. The summed E-state index contributed by atoms with van der Waals surface area (Å²) in [6, 6.07) is 9.15. The third kappa shape index (κ3) is 41.1. The first-order valence-electron chi connectivity index (χ1n) is 47.4. The minimum atomic E-state index is -1.86. The van der Waals surface area contributed by atoms with Crippen LogP contribution in [0.25, 0.3) is 10.9 Å². The molecule has 0 saturated carbocycles. The van der Waals surface area contributed by atoms with E-state index in [9.17, 15) is 71.9 Å². The largest absolute Gasteiger partial charge is 0.368 e. The second-order valence-electron chi connectivity index (χ2n) is 35.0. The first-order chi connectivity index (χ1) is 65.0. The van der Waals surface area contributed by atoms with Crippen LogP contribution in [0.1, 0.15) is 205 Å². The van der Waals surface area contributed by atoms with Crippen molar-refractivity contribution in [1.82, 2.24) is 90.1 Å². The molecular weight excluding hydrogens is 1750 g/mol. The van der Waals surface area contributed by atoms with Crippen molar-refractivity contribution in [2.75, 3.05) is 58.9 Å². The molecule has 5 rings (SSSR count). The zero-order chi connectivity index (χ0) is 100. The van der Waals surface area contributed by atoms with E-state index in [1.807, 2.05) is 18.2 Å². The van der Waals surface area contributed by atoms with Crippen LogP contribution < -0.4 is 131 Å². The van der Waals surface area contributed by atoms with Crippen LogP contribution in [0.2, 0.25) is 0 Å². The monoisotopic (exact) mass is 1900 g/mol. The number of hydrogen-bond acceptors (Lipinski definition) is 24. The van der Waals surface area contributed by atoms with Gasteiger partial charge in [-0.25, -0.2) is 0 Å². The second-order valence-corrected chi connectivity index (χ2v) is 35.0. The number of primary amides is 1. The molecule has 136 heavy (non-hydrogen) atoms. The number of para-hydroxylation sites is 1. The van der Waals surface area contributed by atoms with Gasteiger partial charge in [0.25, 0.3) is 0 Å². The first-order valence-corrected chi connectivity index (χ1v) is 47.4. The number of amides is 17. The Kier molecular flexibility index (Phi) is 51.7. The lowest BCUT2D eigenvalue weighted by Crippen LogP contribution is -2.63. The molecule has 0 saturated heterocycles. The van der Waals surface area contributed by atoms with Gasteiger partial charge in [-0.05, 0) is 244 Å². The van der Waals surface area contributed by atoms with E-state index in [0.29, 0.717) is 137 Å². The molecule has 14 atom stereocenters. The highest BCUT2D eigenvalue weighted by atomic mass is 16.2. The molecule has 4 aromatic rings. The highest BCUT2D eigenvalue weighted by molar-refractivity contribution is 6.02. The number of carbonyl (C=O) groups excluding carboxylic acids is 17. The first kappa shape index (κ1) is 114. The molecule has 1 aliphatic rings. The Balaban J connectivity index is 1.37. The van der Waals surface area contributed by atoms with E-state index in [4.69, 9.17) is 45.9 Å². The van der Waals surface area contributed by atoms with Gasteiger partial charge < -0.3 is 136 Å². The summed E-state index contributed by atoms with van der Waals surface area (Å²) >= 11 is 0. The Labute approximate surface area is 795 Å². The van der Waals surface area contributed by atoms with E-state index in [1.165, 1.54) is 34.6 Å². The summed E-state index contributed by atoms with van der Waals surface area (Å²) in [5.41, 5.74) is 45.3. The van der Waals surface area contributed by atoms with E-state index in [1.54, 1.807) is 85.1 Å². The number of unbranched alkanes of at least 4 members (excludes halogenated alkanes) is 6. The maximum Gasteiger partial charge on any atom is 0.246 e. The van der Waals surface area contributed by atoms with Crippen LogP contribution in [-0.4, -0.2) is 248 Å². The van der Waals surface area contributed by atoms with Gasteiger partial charge in [0, 0.05) is 36.4 Å². The molecule has 752 valence electrons. The smallest absolute Gasteiger partial charge is 0.246 e. The number of aromatic amines is 1. The lowest BCUT2D eigenvalue weighted by molar-refractivity contribution is -0.137. The van der Waals surface area contributed by atoms with E-state index in [2.05, 4.69) is 90.1 Å². The fraction of sp³-hybridized carbons (Fsp3) is 0.585. The van der Waals surface area contributed by atoms with Crippen molar-refractivity contribution in [3.63, 3.8) is 0 Å². The van der Waals surface area contributed by atoms with E-state index < -0.39 is 204 Å².